The van der Waals surface area contributed by atoms with Crippen LogP contribution in [0.4, 0.5) is 17.1 Å². The molecule has 9 aromatic carbocycles. The number of fused-ring (bicyclic) bond motifs is 7. The Morgan fingerprint density at radius 2 is 0.980 bits per heavy atom. The zero-order chi connectivity index (χ0) is 33.0. The monoisotopic (exact) mass is 637 g/mol. The first kappa shape index (κ1) is 28.4. The van der Waals surface area contributed by atoms with Crippen molar-refractivity contribution in [3.8, 4) is 22.3 Å². The van der Waals surface area contributed by atoms with Gasteiger partial charge in [0.05, 0.1) is 16.8 Å². The Kier molecular flexibility index (Phi) is 6.53. The maximum absolute atomic E-state index is 6.44. The molecule has 0 aliphatic rings. The van der Waals surface area contributed by atoms with Crippen molar-refractivity contribution in [3.05, 3.63) is 188 Å². The van der Waals surface area contributed by atoms with Gasteiger partial charge in [0.1, 0.15) is 11.2 Å². The fourth-order valence-electron chi connectivity index (χ4n) is 7.72. The number of para-hydroxylation sites is 2. The van der Waals surface area contributed by atoms with E-state index in [-0.39, 0.29) is 0 Å². The van der Waals surface area contributed by atoms with Crippen molar-refractivity contribution in [2.45, 2.75) is 0 Å². The van der Waals surface area contributed by atoms with Crippen molar-refractivity contribution in [1.29, 1.82) is 0 Å². The summed E-state index contributed by atoms with van der Waals surface area (Å²) in [6.45, 7) is 0. The minimum atomic E-state index is 0.869. The van der Waals surface area contributed by atoms with Gasteiger partial charge in [-0.25, -0.2) is 0 Å². The molecule has 234 valence electrons. The highest BCUT2D eigenvalue weighted by Gasteiger charge is 2.23. The maximum atomic E-state index is 6.44. The van der Waals surface area contributed by atoms with Gasteiger partial charge >= 0.3 is 0 Å². The molecular formula is C48H31NO. The normalized spacial score (nSPS) is 11.6. The van der Waals surface area contributed by atoms with Crippen LogP contribution in [0.25, 0.3) is 76.5 Å². The van der Waals surface area contributed by atoms with Crippen LogP contribution in [0.15, 0.2) is 192 Å². The number of hydrogen-bond donors (Lipinski definition) is 0. The minimum absolute atomic E-state index is 0.869. The van der Waals surface area contributed by atoms with E-state index in [2.05, 4.69) is 187 Å². The molecule has 0 amide bonds. The van der Waals surface area contributed by atoms with Gasteiger partial charge in [0, 0.05) is 16.6 Å². The van der Waals surface area contributed by atoms with E-state index in [4.69, 9.17) is 4.42 Å². The van der Waals surface area contributed by atoms with E-state index in [1.165, 1.54) is 43.4 Å². The minimum Gasteiger partial charge on any atom is -0.456 e. The zero-order valence-corrected chi connectivity index (χ0v) is 27.3. The van der Waals surface area contributed by atoms with Crippen LogP contribution >= 0.6 is 0 Å². The molecule has 0 saturated carbocycles. The molecule has 2 heteroatoms. The molecule has 10 rings (SSSR count). The lowest BCUT2D eigenvalue weighted by Gasteiger charge is -2.29. The van der Waals surface area contributed by atoms with Crippen LogP contribution in [0.5, 0.6) is 0 Å². The summed E-state index contributed by atoms with van der Waals surface area (Å²) in [4.78, 5) is 2.42. The summed E-state index contributed by atoms with van der Waals surface area (Å²) in [5.74, 6) is 0. The van der Waals surface area contributed by atoms with Crippen LogP contribution in [0.1, 0.15) is 0 Å². The summed E-state index contributed by atoms with van der Waals surface area (Å²) in [6, 6.07) is 67.6. The first-order valence-corrected chi connectivity index (χ1v) is 17.1. The molecule has 0 fully saturated rings. The fourth-order valence-corrected chi connectivity index (χ4v) is 7.72. The average Bonchev–Trinajstić information content (AvgIpc) is 3.57. The largest absolute Gasteiger partial charge is 0.456 e. The Hall–Kier alpha value is -6.64. The summed E-state index contributed by atoms with van der Waals surface area (Å²) in [5, 5.41) is 9.64. The molecule has 0 aliphatic heterocycles. The molecule has 2 nitrogen and oxygen atoms in total. The fraction of sp³-hybridized carbons (Fsp3) is 0. The van der Waals surface area contributed by atoms with Crippen LogP contribution in [0.2, 0.25) is 0 Å². The third kappa shape index (κ3) is 4.57. The van der Waals surface area contributed by atoms with E-state index in [0.29, 0.717) is 0 Å². The number of rotatable bonds is 5. The zero-order valence-electron chi connectivity index (χ0n) is 27.3. The van der Waals surface area contributed by atoms with Gasteiger partial charge in [-0.15, -0.1) is 0 Å². The smallest absolute Gasteiger partial charge is 0.137 e. The molecule has 0 atom stereocenters. The second-order valence-electron chi connectivity index (χ2n) is 12.9. The molecule has 1 heterocycles. The molecule has 1 aromatic heterocycles. The first-order chi connectivity index (χ1) is 24.8. The molecule has 50 heavy (non-hydrogen) atoms. The van der Waals surface area contributed by atoms with Crippen molar-refractivity contribution >= 4 is 71.3 Å². The van der Waals surface area contributed by atoms with Crippen molar-refractivity contribution < 1.29 is 4.42 Å². The standard InChI is InChI=1S/C48H31NO/c1-2-14-33-29-35(28-27-32(33)13-1)34-16-11-17-37(30-34)49(45-24-12-26-47-48(45)42-22-8-10-25-46(42)50-47)44-23-9-7-21-41(44)43-31-36-15-3-4-18-38(36)39-19-5-6-20-40(39)43/h1-31H. The highest BCUT2D eigenvalue weighted by Crippen LogP contribution is 2.48. The third-order valence-electron chi connectivity index (χ3n) is 10.0. The Balaban J connectivity index is 1.26. The van der Waals surface area contributed by atoms with E-state index in [0.717, 1.165) is 50.1 Å². The summed E-state index contributed by atoms with van der Waals surface area (Å²) in [7, 11) is 0. The quantitative estimate of drug-likeness (QED) is 0.175. The van der Waals surface area contributed by atoms with Gasteiger partial charge < -0.3 is 9.32 Å². The van der Waals surface area contributed by atoms with Gasteiger partial charge in [0.2, 0.25) is 0 Å². The van der Waals surface area contributed by atoms with E-state index >= 15 is 0 Å². The van der Waals surface area contributed by atoms with Crippen molar-refractivity contribution in [2.75, 3.05) is 4.90 Å². The lowest BCUT2D eigenvalue weighted by atomic mass is 9.92. The van der Waals surface area contributed by atoms with Gasteiger partial charge in [0.15, 0.2) is 0 Å². The predicted molar refractivity (Wildman–Crippen MR) is 212 cm³/mol. The van der Waals surface area contributed by atoms with Gasteiger partial charge in [-0.05, 0) is 97.5 Å². The molecule has 0 bridgehead atoms. The van der Waals surface area contributed by atoms with Gasteiger partial charge in [-0.1, -0.05) is 140 Å². The molecule has 0 unspecified atom stereocenters. The van der Waals surface area contributed by atoms with Crippen LogP contribution in [0.3, 0.4) is 0 Å². The second kappa shape index (κ2) is 11.5. The van der Waals surface area contributed by atoms with Crippen molar-refractivity contribution in [1.82, 2.24) is 0 Å². The van der Waals surface area contributed by atoms with E-state index < -0.39 is 0 Å². The van der Waals surface area contributed by atoms with Crippen LogP contribution in [0, 0.1) is 0 Å². The van der Waals surface area contributed by atoms with E-state index in [1.807, 2.05) is 6.07 Å². The van der Waals surface area contributed by atoms with Gasteiger partial charge in [0.25, 0.3) is 0 Å². The number of nitrogens with zero attached hydrogens (tertiary/aromatic N) is 1. The number of benzene rings is 9. The molecular weight excluding hydrogens is 607 g/mol. The van der Waals surface area contributed by atoms with Gasteiger partial charge in [-0.2, -0.15) is 0 Å². The molecule has 10 aromatic rings. The molecule has 0 saturated heterocycles. The topological polar surface area (TPSA) is 16.4 Å². The highest BCUT2D eigenvalue weighted by molar-refractivity contribution is 6.17. The van der Waals surface area contributed by atoms with Gasteiger partial charge in [-0.3, -0.25) is 0 Å². The third-order valence-corrected chi connectivity index (χ3v) is 10.0. The Morgan fingerprint density at radius 3 is 1.88 bits per heavy atom. The molecule has 0 N–H and O–H groups in total. The van der Waals surface area contributed by atoms with E-state index in [1.54, 1.807) is 0 Å². The molecule has 0 aliphatic carbocycles. The van der Waals surface area contributed by atoms with Crippen LogP contribution in [-0.2, 0) is 0 Å². The Labute approximate surface area is 290 Å². The predicted octanol–water partition coefficient (Wildman–Crippen LogP) is 13.8. The summed E-state index contributed by atoms with van der Waals surface area (Å²) in [5.41, 5.74) is 9.71. The lowest BCUT2D eigenvalue weighted by Crippen LogP contribution is -2.12. The first-order valence-electron chi connectivity index (χ1n) is 17.1. The summed E-state index contributed by atoms with van der Waals surface area (Å²) in [6.07, 6.45) is 0. The Morgan fingerprint density at radius 1 is 0.340 bits per heavy atom. The number of furan rings is 1. The lowest BCUT2D eigenvalue weighted by molar-refractivity contribution is 0.669. The number of anilines is 3. The van der Waals surface area contributed by atoms with Crippen LogP contribution < -0.4 is 4.90 Å². The van der Waals surface area contributed by atoms with E-state index in [9.17, 15) is 0 Å². The van der Waals surface area contributed by atoms with Crippen molar-refractivity contribution in [3.63, 3.8) is 0 Å². The SMILES string of the molecule is c1cc(-c2ccc3ccccc3c2)cc(N(c2ccccc2-c2cc3ccccc3c3ccccc23)c2cccc3oc4ccccc4c23)c1. The molecule has 0 radical (unpaired) electrons. The highest BCUT2D eigenvalue weighted by atomic mass is 16.3. The summed E-state index contributed by atoms with van der Waals surface area (Å²) < 4.78 is 6.44. The number of hydrogen-bond acceptors (Lipinski definition) is 2. The average molecular weight is 638 g/mol. The Bertz CT molecular complexity index is 2900. The molecule has 0 spiro atoms. The summed E-state index contributed by atoms with van der Waals surface area (Å²) >= 11 is 0. The second-order valence-corrected chi connectivity index (χ2v) is 12.9. The van der Waals surface area contributed by atoms with Crippen molar-refractivity contribution in [2.24, 2.45) is 0 Å². The van der Waals surface area contributed by atoms with Crippen LogP contribution in [-0.4, -0.2) is 0 Å². The maximum Gasteiger partial charge on any atom is 0.137 e.